The molecule has 0 unspecified atom stereocenters. The number of carbonyl (C=O) groups is 5. The van der Waals surface area contributed by atoms with Crippen molar-refractivity contribution in [1.29, 1.82) is 0 Å². The van der Waals surface area contributed by atoms with Crippen LogP contribution >= 0.6 is 0 Å². The van der Waals surface area contributed by atoms with Gasteiger partial charge in [0.05, 0.1) is 18.9 Å². The van der Waals surface area contributed by atoms with Crippen LogP contribution in [0, 0.1) is 0 Å². The number of carboxylic acid groups (broad SMARTS) is 1. The van der Waals surface area contributed by atoms with Crippen LogP contribution in [0.25, 0.3) is 5.69 Å². The van der Waals surface area contributed by atoms with Gasteiger partial charge in [0, 0.05) is 44.7 Å². The average molecular weight is 586 g/mol. The minimum atomic E-state index is -1.14. The number of benzene rings is 1. The highest BCUT2D eigenvalue weighted by Gasteiger charge is 2.31. The second-order valence-corrected chi connectivity index (χ2v) is 9.05. The zero-order valence-corrected chi connectivity index (χ0v) is 23.6. The van der Waals surface area contributed by atoms with Gasteiger partial charge in [-0.05, 0) is 38.5 Å². The highest BCUT2D eigenvalue weighted by atomic mass is 16.6. The normalized spacial score (nSPS) is 13.9. The maximum absolute atomic E-state index is 13.3. The summed E-state index contributed by atoms with van der Waals surface area (Å²) in [4.78, 5) is 64.4. The summed E-state index contributed by atoms with van der Waals surface area (Å²) in [5.74, 6) is -2.60. The lowest BCUT2D eigenvalue weighted by atomic mass is 10.1. The number of carbonyl (C=O) groups excluding carboxylic acids is 4. The molecule has 3 amide bonds. The fraction of sp³-hybridized carbons (Fsp3) is 0.429. The molecular formula is C28H35N5O9. The second-order valence-electron chi connectivity index (χ2n) is 9.05. The summed E-state index contributed by atoms with van der Waals surface area (Å²) in [5.41, 5.74) is 0.530. The van der Waals surface area contributed by atoms with Crippen LogP contribution < -0.4 is 10.1 Å². The summed E-state index contributed by atoms with van der Waals surface area (Å²) in [7, 11) is 0. The quantitative estimate of drug-likeness (QED) is 0.260. The molecule has 2 heterocycles. The third kappa shape index (κ3) is 9.08. The van der Waals surface area contributed by atoms with E-state index in [1.165, 1.54) is 32.7 Å². The first-order valence-electron chi connectivity index (χ1n) is 13.6. The SMILES string of the molecule is CCOC(=O)/C=C/COc1cc(C(=O)N[C@@H](CCC(=O)O)C(=O)N2CCN(C(=O)OCC)CC2)nn1-c1ccccc1. The van der Waals surface area contributed by atoms with E-state index >= 15 is 0 Å². The average Bonchev–Trinajstić information content (AvgIpc) is 3.42. The molecule has 0 bridgehead atoms. The molecule has 2 N–H and O–H groups in total. The Kier molecular flexibility index (Phi) is 11.9. The van der Waals surface area contributed by atoms with Crippen LogP contribution in [0.2, 0.25) is 0 Å². The number of hydrogen-bond donors (Lipinski definition) is 2. The van der Waals surface area contributed by atoms with Crippen LogP contribution in [0.5, 0.6) is 5.88 Å². The van der Waals surface area contributed by atoms with Crippen molar-refractivity contribution in [3.8, 4) is 11.6 Å². The zero-order chi connectivity index (χ0) is 30.5. The smallest absolute Gasteiger partial charge is 0.409 e. The van der Waals surface area contributed by atoms with Gasteiger partial charge < -0.3 is 34.4 Å². The fourth-order valence-electron chi connectivity index (χ4n) is 4.10. The molecule has 14 nitrogen and oxygen atoms in total. The molecular weight excluding hydrogens is 550 g/mol. The van der Waals surface area contributed by atoms with Gasteiger partial charge in [-0.1, -0.05) is 18.2 Å². The molecule has 2 aromatic rings. The second kappa shape index (κ2) is 15.8. The number of aromatic nitrogens is 2. The Balaban J connectivity index is 1.75. The van der Waals surface area contributed by atoms with E-state index in [9.17, 15) is 29.1 Å². The minimum Gasteiger partial charge on any atom is -0.481 e. The van der Waals surface area contributed by atoms with Gasteiger partial charge in [0.1, 0.15) is 12.6 Å². The number of esters is 1. The Bertz CT molecular complexity index is 1270. The van der Waals surface area contributed by atoms with Crippen molar-refractivity contribution >= 4 is 29.8 Å². The van der Waals surface area contributed by atoms with E-state index in [0.29, 0.717) is 5.69 Å². The van der Waals surface area contributed by atoms with E-state index < -0.39 is 35.9 Å². The van der Waals surface area contributed by atoms with Gasteiger partial charge in [-0.15, -0.1) is 0 Å². The standard InChI is InChI=1S/C28H35N5O9/c1-3-40-25(36)11-8-18-42-23-19-22(30-33(23)20-9-6-5-7-10-20)26(37)29-21(12-13-24(34)35)27(38)31-14-16-32(17-15-31)28(39)41-4-2/h5-11,19,21H,3-4,12-18H2,1-2H3,(H,29,37)(H,34,35)/b11-8+/t21-/m0/s1. The number of nitrogens with one attached hydrogen (secondary N) is 1. The molecule has 3 rings (SSSR count). The van der Waals surface area contributed by atoms with Crippen LogP contribution in [0.3, 0.4) is 0 Å². The van der Waals surface area contributed by atoms with Gasteiger partial charge in [-0.3, -0.25) is 14.4 Å². The predicted molar refractivity (Wildman–Crippen MR) is 148 cm³/mol. The maximum Gasteiger partial charge on any atom is 0.409 e. The molecule has 1 aromatic heterocycles. The molecule has 0 saturated carbocycles. The molecule has 1 fully saturated rings. The fourth-order valence-corrected chi connectivity index (χ4v) is 4.10. The number of hydrogen-bond acceptors (Lipinski definition) is 9. The molecule has 1 aliphatic rings. The third-order valence-corrected chi connectivity index (χ3v) is 6.15. The first kappa shape index (κ1) is 31.6. The lowest BCUT2D eigenvalue weighted by molar-refractivity contribution is -0.139. The summed E-state index contributed by atoms with van der Waals surface area (Å²) in [6, 6.07) is 9.14. The number of rotatable bonds is 13. The van der Waals surface area contributed by atoms with Crippen molar-refractivity contribution < 1.29 is 43.3 Å². The van der Waals surface area contributed by atoms with Crippen LogP contribution in [0.1, 0.15) is 37.2 Å². The van der Waals surface area contributed by atoms with Crippen LogP contribution in [0.15, 0.2) is 48.6 Å². The van der Waals surface area contributed by atoms with Gasteiger partial charge in [-0.2, -0.15) is 5.10 Å². The van der Waals surface area contributed by atoms with Crippen molar-refractivity contribution in [2.45, 2.75) is 32.7 Å². The third-order valence-electron chi connectivity index (χ3n) is 6.15. The first-order valence-corrected chi connectivity index (χ1v) is 13.6. The molecule has 1 aliphatic heterocycles. The molecule has 0 aliphatic carbocycles. The first-order chi connectivity index (χ1) is 20.2. The zero-order valence-electron chi connectivity index (χ0n) is 23.6. The Morgan fingerprint density at radius 3 is 2.31 bits per heavy atom. The lowest BCUT2D eigenvalue weighted by Gasteiger charge is -2.35. The summed E-state index contributed by atoms with van der Waals surface area (Å²) in [6.07, 6.45) is 1.73. The van der Waals surface area contributed by atoms with Crippen molar-refractivity contribution in [2.75, 3.05) is 46.0 Å². The molecule has 0 radical (unpaired) electrons. The molecule has 226 valence electrons. The Morgan fingerprint density at radius 2 is 1.67 bits per heavy atom. The number of para-hydroxylation sites is 1. The number of amides is 3. The van der Waals surface area contributed by atoms with Gasteiger partial charge in [0.2, 0.25) is 11.8 Å². The number of nitrogens with zero attached hydrogens (tertiary/aromatic N) is 4. The van der Waals surface area contributed by atoms with Gasteiger partial charge in [0.25, 0.3) is 5.91 Å². The van der Waals surface area contributed by atoms with Crippen molar-refractivity contribution in [3.05, 3.63) is 54.2 Å². The van der Waals surface area contributed by atoms with E-state index in [2.05, 4.69) is 10.4 Å². The van der Waals surface area contributed by atoms with E-state index in [4.69, 9.17) is 14.2 Å². The molecule has 1 aromatic carbocycles. The summed E-state index contributed by atoms with van der Waals surface area (Å²) < 4.78 is 17.0. The Morgan fingerprint density at radius 1 is 1.00 bits per heavy atom. The van der Waals surface area contributed by atoms with Gasteiger partial charge in [-0.25, -0.2) is 14.3 Å². The highest BCUT2D eigenvalue weighted by Crippen LogP contribution is 2.20. The van der Waals surface area contributed by atoms with Crippen LogP contribution in [-0.4, -0.2) is 107 Å². The van der Waals surface area contributed by atoms with Crippen molar-refractivity contribution in [1.82, 2.24) is 24.9 Å². The molecule has 0 spiro atoms. The minimum absolute atomic E-state index is 0.0180. The number of carboxylic acids is 1. The monoisotopic (exact) mass is 585 g/mol. The molecule has 1 atom stereocenters. The highest BCUT2D eigenvalue weighted by molar-refractivity contribution is 5.96. The van der Waals surface area contributed by atoms with E-state index in [1.807, 2.05) is 6.07 Å². The predicted octanol–water partition coefficient (Wildman–Crippen LogP) is 1.63. The van der Waals surface area contributed by atoms with E-state index in [1.54, 1.807) is 38.1 Å². The summed E-state index contributed by atoms with van der Waals surface area (Å²) >= 11 is 0. The van der Waals surface area contributed by atoms with E-state index in [0.717, 1.165) is 0 Å². The largest absolute Gasteiger partial charge is 0.481 e. The van der Waals surface area contributed by atoms with Gasteiger partial charge in [0.15, 0.2) is 5.69 Å². The van der Waals surface area contributed by atoms with Crippen LogP contribution in [-0.2, 0) is 23.9 Å². The maximum atomic E-state index is 13.3. The van der Waals surface area contributed by atoms with Crippen molar-refractivity contribution in [2.24, 2.45) is 0 Å². The van der Waals surface area contributed by atoms with E-state index in [-0.39, 0.29) is 70.4 Å². The number of aliphatic carboxylic acids is 1. The lowest BCUT2D eigenvalue weighted by Crippen LogP contribution is -2.56. The summed E-state index contributed by atoms with van der Waals surface area (Å²) in [6.45, 7) is 4.76. The van der Waals surface area contributed by atoms with Crippen molar-refractivity contribution in [3.63, 3.8) is 0 Å². The summed E-state index contributed by atoms with van der Waals surface area (Å²) in [5, 5.41) is 16.2. The Hall–Kier alpha value is -4.88. The molecule has 1 saturated heterocycles. The Labute approximate surface area is 242 Å². The number of ether oxygens (including phenoxy) is 3. The molecule has 42 heavy (non-hydrogen) atoms. The number of piperazine rings is 1. The van der Waals surface area contributed by atoms with Crippen LogP contribution in [0.4, 0.5) is 4.79 Å². The topological polar surface area (TPSA) is 170 Å². The molecule has 14 heteroatoms. The van der Waals surface area contributed by atoms with Gasteiger partial charge >= 0.3 is 18.0 Å².